The van der Waals surface area contributed by atoms with Crippen LogP contribution in [0.15, 0.2) is 97.1 Å². The first kappa shape index (κ1) is 24.7. The van der Waals surface area contributed by atoms with Crippen LogP contribution in [0.4, 0.5) is 26.3 Å². The fraction of sp³-hybridized carbons (Fsp3) is 0.0667. The lowest BCUT2D eigenvalue weighted by molar-refractivity contribution is -0.138. The molecule has 0 amide bonds. The summed E-state index contributed by atoms with van der Waals surface area (Å²) >= 11 is 0. The lowest BCUT2D eigenvalue weighted by atomic mass is 9.94. The Balaban J connectivity index is 1.73. The van der Waals surface area contributed by atoms with E-state index in [4.69, 9.17) is 0 Å². The second kappa shape index (κ2) is 10.1. The van der Waals surface area contributed by atoms with Gasteiger partial charge in [-0.15, -0.1) is 0 Å². The lowest BCUT2D eigenvalue weighted by Crippen LogP contribution is -2.04. The SMILES string of the molecule is FC(F)(F)c1ccc(C#Cc2cccc(C#Cc3ccc(C(F)(F)F)cc3)c2-c2ccccc2)cc1. The van der Waals surface area contributed by atoms with Gasteiger partial charge in [0, 0.05) is 27.8 Å². The highest BCUT2D eigenvalue weighted by Gasteiger charge is 2.30. The maximum atomic E-state index is 12.8. The molecule has 0 saturated heterocycles. The molecule has 0 aliphatic carbocycles. The number of halogens is 6. The molecule has 0 fully saturated rings. The molecule has 0 aliphatic heterocycles. The van der Waals surface area contributed by atoms with Gasteiger partial charge in [-0.25, -0.2) is 0 Å². The molecule has 0 bridgehead atoms. The fourth-order valence-electron chi connectivity index (χ4n) is 3.44. The van der Waals surface area contributed by atoms with E-state index in [-0.39, 0.29) is 0 Å². The van der Waals surface area contributed by atoms with E-state index < -0.39 is 23.5 Å². The predicted molar refractivity (Wildman–Crippen MR) is 127 cm³/mol. The fourth-order valence-corrected chi connectivity index (χ4v) is 3.44. The van der Waals surface area contributed by atoms with E-state index in [0.29, 0.717) is 22.3 Å². The van der Waals surface area contributed by atoms with Gasteiger partial charge in [0.15, 0.2) is 0 Å². The molecule has 178 valence electrons. The molecule has 4 aromatic rings. The molecular weight excluding hydrogens is 474 g/mol. The zero-order chi connectivity index (χ0) is 25.8. The second-order valence-electron chi connectivity index (χ2n) is 7.74. The van der Waals surface area contributed by atoms with Crippen molar-refractivity contribution in [3.63, 3.8) is 0 Å². The largest absolute Gasteiger partial charge is 0.416 e. The van der Waals surface area contributed by atoms with E-state index >= 15 is 0 Å². The Hall–Kier alpha value is -4.42. The van der Waals surface area contributed by atoms with E-state index in [1.54, 1.807) is 18.2 Å². The summed E-state index contributed by atoms with van der Waals surface area (Å²) < 4.78 is 76.9. The van der Waals surface area contributed by atoms with Gasteiger partial charge in [0.05, 0.1) is 11.1 Å². The van der Waals surface area contributed by atoms with Crippen LogP contribution in [-0.2, 0) is 12.4 Å². The number of rotatable bonds is 1. The average molecular weight is 490 g/mol. The summed E-state index contributed by atoms with van der Waals surface area (Å²) in [6.45, 7) is 0. The van der Waals surface area contributed by atoms with Crippen LogP contribution in [0.2, 0.25) is 0 Å². The molecule has 0 heterocycles. The minimum Gasteiger partial charge on any atom is -0.166 e. The van der Waals surface area contributed by atoms with Gasteiger partial charge in [-0.1, -0.05) is 60.1 Å². The summed E-state index contributed by atoms with van der Waals surface area (Å²) in [5, 5.41) is 0. The molecule has 4 rings (SSSR count). The van der Waals surface area contributed by atoms with Crippen molar-refractivity contribution < 1.29 is 26.3 Å². The topological polar surface area (TPSA) is 0 Å². The van der Waals surface area contributed by atoms with Gasteiger partial charge in [-0.2, -0.15) is 26.3 Å². The van der Waals surface area contributed by atoms with Crippen molar-refractivity contribution in [3.8, 4) is 34.8 Å². The Morgan fingerprint density at radius 2 is 0.833 bits per heavy atom. The summed E-state index contributed by atoms with van der Waals surface area (Å²) in [7, 11) is 0. The van der Waals surface area contributed by atoms with Crippen LogP contribution < -0.4 is 0 Å². The number of alkyl halides is 6. The molecule has 4 aromatic carbocycles. The third-order valence-electron chi connectivity index (χ3n) is 5.23. The highest BCUT2D eigenvalue weighted by Crippen LogP contribution is 2.30. The van der Waals surface area contributed by atoms with E-state index in [1.165, 1.54) is 24.3 Å². The molecule has 0 atom stereocenters. The van der Waals surface area contributed by atoms with Crippen molar-refractivity contribution in [1.82, 2.24) is 0 Å². The highest BCUT2D eigenvalue weighted by atomic mass is 19.4. The van der Waals surface area contributed by atoms with Crippen LogP contribution in [0.3, 0.4) is 0 Å². The van der Waals surface area contributed by atoms with Crippen LogP contribution >= 0.6 is 0 Å². The maximum absolute atomic E-state index is 12.8. The number of benzene rings is 4. The summed E-state index contributed by atoms with van der Waals surface area (Å²) in [6, 6.07) is 23.8. The van der Waals surface area contributed by atoms with Gasteiger partial charge in [-0.05, 0) is 66.2 Å². The van der Waals surface area contributed by atoms with Gasteiger partial charge in [0.1, 0.15) is 0 Å². The quantitative estimate of drug-likeness (QED) is 0.186. The molecule has 6 heteroatoms. The van der Waals surface area contributed by atoms with E-state index in [1.807, 2.05) is 30.3 Å². The van der Waals surface area contributed by atoms with Crippen molar-refractivity contribution in [2.75, 3.05) is 0 Å². The summed E-state index contributed by atoms with van der Waals surface area (Å²) in [5.41, 5.74) is 2.10. The summed E-state index contributed by atoms with van der Waals surface area (Å²) in [5.74, 6) is 11.8. The Bertz CT molecular complexity index is 1380. The summed E-state index contributed by atoms with van der Waals surface area (Å²) in [6.07, 6.45) is -8.85. The molecule has 0 N–H and O–H groups in total. The Labute approximate surface area is 204 Å². The molecule has 0 radical (unpaired) electrons. The molecule has 0 aromatic heterocycles. The standard InChI is InChI=1S/C30H16F6/c31-29(32,33)26-17-11-21(12-18-26)9-15-24-7-4-8-25(28(24)23-5-2-1-3-6-23)16-10-22-13-19-27(20-14-22)30(34,35)36/h1-8,11-14,17-20H. The van der Waals surface area contributed by atoms with Gasteiger partial charge in [0.25, 0.3) is 0 Å². The minimum atomic E-state index is -4.42. The van der Waals surface area contributed by atoms with Gasteiger partial charge < -0.3 is 0 Å². The predicted octanol–water partition coefficient (Wildman–Crippen LogP) is 8.19. The third kappa shape index (κ3) is 5.98. The van der Waals surface area contributed by atoms with Gasteiger partial charge in [0.2, 0.25) is 0 Å². The first-order valence-electron chi connectivity index (χ1n) is 10.7. The maximum Gasteiger partial charge on any atom is 0.416 e. The van der Waals surface area contributed by atoms with E-state index in [2.05, 4.69) is 23.7 Å². The van der Waals surface area contributed by atoms with Gasteiger partial charge in [-0.3, -0.25) is 0 Å². The van der Waals surface area contributed by atoms with Crippen LogP contribution in [-0.4, -0.2) is 0 Å². The second-order valence-corrected chi connectivity index (χ2v) is 7.74. The van der Waals surface area contributed by atoms with Crippen LogP contribution in [0.5, 0.6) is 0 Å². The average Bonchev–Trinajstić information content (AvgIpc) is 2.86. The molecule has 0 spiro atoms. The van der Waals surface area contributed by atoms with Crippen molar-refractivity contribution >= 4 is 0 Å². The van der Waals surface area contributed by atoms with E-state index in [0.717, 1.165) is 35.4 Å². The zero-order valence-electron chi connectivity index (χ0n) is 18.5. The Morgan fingerprint density at radius 3 is 1.22 bits per heavy atom. The van der Waals surface area contributed by atoms with Crippen LogP contribution in [0.25, 0.3) is 11.1 Å². The zero-order valence-corrected chi connectivity index (χ0v) is 18.5. The Kier molecular flexibility index (Phi) is 6.90. The highest BCUT2D eigenvalue weighted by molar-refractivity contribution is 5.78. The lowest BCUT2D eigenvalue weighted by Gasteiger charge is -2.08. The monoisotopic (exact) mass is 490 g/mol. The first-order chi connectivity index (χ1) is 17.1. The van der Waals surface area contributed by atoms with Crippen molar-refractivity contribution in [3.05, 3.63) is 130 Å². The number of hydrogen-bond acceptors (Lipinski definition) is 0. The molecular formula is C30H16F6. The molecule has 0 saturated carbocycles. The molecule has 0 nitrogen and oxygen atoms in total. The smallest absolute Gasteiger partial charge is 0.166 e. The minimum absolute atomic E-state index is 0.420. The summed E-state index contributed by atoms with van der Waals surface area (Å²) in [4.78, 5) is 0. The van der Waals surface area contributed by atoms with Crippen LogP contribution in [0.1, 0.15) is 33.4 Å². The normalized spacial score (nSPS) is 11.2. The van der Waals surface area contributed by atoms with Crippen molar-refractivity contribution in [2.24, 2.45) is 0 Å². The molecule has 36 heavy (non-hydrogen) atoms. The van der Waals surface area contributed by atoms with Crippen molar-refractivity contribution in [2.45, 2.75) is 12.4 Å². The Morgan fingerprint density at radius 1 is 0.417 bits per heavy atom. The van der Waals surface area contributed by atoms with Crippen LogP contribution in [0, 0.1) is 23.7 Å². The number of hydrogen-bond donors (Lipinski definition) is 0. The van der Waals surface area contributed by atoms with E-state index in [9.17, 15) is 26.3 Å². The third-order valence-corrected chi connectivity index (χ3v) is 5.23. The molecule has 0 aliphatic rings. The van der Waals surface area contributed by atoms with Crippen molar-refractivity contribution in [1.29, 1.82) is 0 Å². The molecule has 0 unspecified atom stereocenters. The first-order valence-corrected chi connectivity index (χ1v) is 10.7. The van der Waals surface area contributed by atoms with Gasteiger partial charge >= 0.3 is 12.4 Å².